The number of ether oxygens (including phenoxy) is 3. The van der Waals surface area contributed by atoms with Crippen molar-refractivity contribution in [2.24, 2.45) is 11.0 Å². The highest BCUT2D eigenvalue weighted by molar-refractivity contribution is 5.96. The lowest BCUT2D eigenvalue weighted by Crippen LogP contribution is -2.19. The van der Waals surface area contributed by atoms with E-state index in [0.29, 0.717) is 34.1 Å². The van der Waals surface area contributed by atoms with Gasteiger partial charge in [-0.2, -0.15) is 5.10 Å². The minimum atomic E-state index is -0.379. The summed E-state index contributed by atoms with van der Waals surface area (Å²) in [6.07, 6.45) is 1.47. The van der Waals surface area contributed by atoms with Gasteiger partial charge in [0.25, 0.3) is 5.91 Å². The summed E-state index contributed by atoms with van der Waals surface area (Å²) >= 11 is 0. The Balaban J connectivity index is 2.05. The van der Waals surface area contributed by atoms with Crippen LogP contribution < -0.4 is 25.0 Å². The molecule has 0 aliphatic carbocycles. The first-order chi connectivity index (χ1) is 13.9. The van der Waals surface area contributed by atoms with Gasteiger partial charge in [-0.1, -0.05) is 13.8 Å². The number of carbonyl (C=O) groups is 2. The van der Waals surface area contributed by atoms with Gasteiger partial charge in [-0.05, 0) is 36.4 Å². The smallest absolute Gasteiger partial charge is 0.271 e. The number of hydrogen-bond acceptors (Lipinski definition) is 6. The second kappa shape index (κ2) is 10.1. The van der Waals surface area contributed by atoms with Gasteiger partial charge in [0, 0.05) is 22.7 Å². The van der Waals surface area contributed by atoms with Gasteiger partial charge in [-0.3, -0.25) is 9.59 Å². The molecule has 2 aromatic carbocycles. The minimum absolute atomic E-state index is 0.0860. The van der Waals surface area contributed by atoms with E-state index >= 15 is 0 Å². The predicted octanol–water partition coefficient (Wildman–Crippen LogP) is 3.07. The maximum atomic E-state index is 12.2. The van der Waals surface area contributed by atoms with E-state index in [0.717, 1.165) is 0 Å². The fraction of sp³-hybridized carbons (Fsp3) is 0.286. The molecule has 0 atom stereocenters. The Morgan fingerprint density at radius 1 is 0.966 bits per heavy atom. The third-order valence-corrected chi connectivity index (χ3v) is 4.01. The number of rotatable bonds is 8. The monoisotopic (exact) mass is 399 g/mol. The molecule has 8 nitrogen and oxygen atoms in total. The molecule has 0 radical (unpaired) electrons. The second-order valence-electron chi connectivity index (χ2n) is 6.38. The lowest BCUT2D eigenvalue weighted by Gasteiger charge is -2.12. The first kappa shape index (κ1) is 21.7. The number of hydrazone groups is 1. The molecule has 0 saturated heterocycles. The zero-order valence-corrected chi connectivity index (χ0v) is 17.1. The zero-order valence-electron chi connectivity index (χ0n) is 17.1. The third kappa shape index (κ3) is 5.71. The average molecular weight is 399 g/mol. The molecular formula is C21H25N3O5. The number of hydrogen-bond donors (Lipinski definition) is 2. The van der Waals surface area contributed by atoms with Crippen LogP contribution in [0.25, 0.3) is 0 Å². The Morgan fingerprint density at radius 3 is 2.03 bits per heavy atom. The molecule has 0 heterocycles. The summed E-state index contributed by atoms with van der Waals surface area (Å²) < 4.78 is 15.8. The van der Waals surface area contributed by atoms with Crippen LogP contribution in [0.1, 0.15) is 29.8 Å². The highest BCUT2D eigenvalue weighted by Gasteiger charge is 2.12. The van der Waals surface area contributed by atoms with Crippen LogP contribution in [0.15, 0.2) is 41.5 Å². The summed E-state index contributed by atoms with van der Waals surface area (Å²) in [4.78, 5) is 23.9. The molecule has 154 valence electrons. The Hall–Kier alpha value is -3.55. The van der Waals surface area contributed by atoms with Crippen molar-refractivity contribution in [1.82, 2.24) is 5.43 Å². The molecule has 0 spiro atoms. The van der Waals surface area contributed by atoms with Crippen LogP contribution in [0.5, 0.6) is 17.2 Å². The number of nitrogens with one attached hydrogen (secondary N) is 2. The van der Waals surface area contributed by atoms with E-state index in [2.05, 4.69) is 15.8 Å². The molecule has 0 aromatic heterocycles. The Morgan fingerprint density at radius 2 is 1.55 bits per heavy atom. The molecule has 0 aliphatic heterocycles. The predicted molar refractivity (Wildman–Crippen MR) is 111 cm³/mol. The molecule has 2 N–H and O–H groups in total. The van der Waals surface area contributed by atoms with Gasteiger partial charge in [-0.25, -0.2) is 5.43 Å². The van der Waals surface area contributed by atoms with Crippen molar-refractivity contribution < 1.29 is 23.8 Å². The molecule has 2 rings (SSSR count). The average Bonchev–Trinajstić information content (AvgIpc) is 2.73. The van der Waals surface area contributed by atoms with Gasteiger partial charge in [0.2, 0.25) is 11.7 Å². The number of carbonyl (C=O) groups excluding carboxylic acids is 2. The van der Waals surface area contributed by atoms with Gasteiger partial charge in [-0.15, -0.1) is 0 Å². The fourth-order valence-electron chi connectivity index (χ4n) is 2.40. The molecule has 0 bridgehead atoms. The summed E-state index contributed by atoms with van der Waals surface area (Å²) in [5.41, 5.74) is 4.16. The van der Waals surface area contributed by atoms with Crippen molar-refractivity contribution in [1.29, 1.82) is 0 Å². The quantitative estimate of drug-likeness (QED) is 0.525. The summed E-state index contributed by atoms with van der Waals surface area (Å²) in [5.74, 6) is 0.855. The zero-order chi connectivity index (χ0) is 21.4. The van der Waals surface area contributed by atoms with Gasteiger partial charge in [0.1, 0.15) is 0 Å². The maximum absolute atomic E-state index is 12.2. The SMILES string of the molecule is COc1cc(/C=N\NC(=O)c2ccc(NC(=O)C(C)C)cc2)cc(OC)c1OC. The normalized spacial score (nSPS) is 10.7. The van der Waals surface area contributed by atoms with Crippen molar-refractivity contribution in [3.63, 3.8) is 0 Å². The second-order valence-corrected chi connectivity index (χ2v) is 6.38. The molecule has 0 aliphatic rings. The molecular weight excluding hydrogens is 374 g/mol. The van der Waals surface area contributed by atoms with Crippen LogP contribution in [0.3, 0.4) is 0 Å². The molecule has 2 amide bonds. The van der Waals surface area contributed by atoms with Gasteiger partial charge in [0.05, 0.1) is 27.5 Å². The Bertz CT molecular complexity index is 867. The Labute approximate surface area is 169 Å². The van der Waals surface area contributed by atoms with Crippen LogP contribution in [0, 0.1) is 5.92 Å². The Kier molecular flexibility index (Phi) is 7.59. The number of nitrogens with zero attached hydrogens (tertiary/aromatic N) is 1. The molecule has 0 fully saturated rings. The third-order valence-electron chi connectivity index (χ3n) is 4.01. The summed E-state index contributed by atoms with van der Waals surface area (Å²) in [7, 11) is 4.56. The number of anilines is 1. The first-order valence-corrected chi connectivity index (χ1v) is 8.94. The van der Waals surface area contributed by atoms with Crippen molar-refractivity contribution >= 4 is 23.7 Å². The maximum Gasteiger partial charge on any atom is 0.271 e. The lowest BCUT2D eigenvalue weighted by atomic mass is 10.1. The minimum Gasteiger partial charge on any atom is -0.493 e. The van der Waals surface area contributed by atoms with E-state index in [9.17, 15) is 9.59 Å². The fourth-order valence-corrected chi connectivity index (χ4v) is 2.40. The van der Waals surface area contributed by atoms with Crippen LogP contribution in [0.4, 0.5) is 5.69 Å². The van der Waals surface area contributed by atoms with Crippen molar-refractivity contribution in [3.8, 4) is 17.2 Å². The molecule has 2 aromatic rings. The van der Waals surface area contributed by atoms with E-state index < -0.39 is 0 Å². The largest absolute Gasteiger partial charge is 0.493 e. The lowest BCUT2D eigenvalue weighted by molar-refractivity contribution is -0.118. The molecule has 8 heteroatoms. The van der Waals surface area contributed by atoms with Crippen molar-refractivity contribution in [2.45, 2.75) is 13.8 Å². The van der Waals surface area contributed by atoms with Crippen LogP contribution in [0.2, 0.25) is 0 Å². The van der Waals surface area contributed by atoms with Gasteiger partial charge >= 0.3 is 0 Å². The van der Waals surface area contributed by atoms with Crippen molar-refractivity contribution in [2.75, 3.05) is 26.6 Å². The van der Waals surface area contributed by atoms with E-state index in [1.54, 1.807) is 36.4 Å². The van der Waals surface area contributed by atoms with E-state index in [1.807, 2.05) is 13.8 Å². The molecule has 0 unspecified atom stereocenters. The van der Waals surface area contributed by atoms with Crippen LogP contribution in [-0.4, -0.2) is 39.4 Å². The first-order valence-electron chi connectivity index (χ1n) is 8.94. The molecule has 0 saturated carbocycles. The van der Waals surface area contributed by atoms with Crippen molar-refractivity contribution in [3.05, 3.63) is 47.5 Å². The van der Waals surface area contributed by atoms with Crippen LogP contribution >= 0.6 is 0 Å². The summed E-state index contributed by atoms with van der Waals surface area (Å²) in [6, 6.07) is 9.98. The van der Waals surface area contributed by atoms with Crippen LogP contribution in [-0.2, 0) is 4.79 Å². The van der Waals surface area contributed by atoms with Gasteiger partial charge < -0.3 is 19.5 Å². The summed E-state index contributed by atoms with van der Waals surface area (Å²) in [5, 5.41) is 6.74. The topological polar surface area (TPSA) is 98.2 Å². The van der Waals surface area contributed by atoms with Gasteiger partial charge in [0.15, 0.2) is 11.5 Å². The highest BCUT2D eigenvalue weighted by Crippen LogP contribution is 2.37. The molecule has 29 heavy (non-hydrogen) atoms. The number of methoxy groups -OCH3 is 3. The van der Waals surface area contributed by atoms with E-state index in [-0.39, 0.29) is 17.7 Å². The number of benzene rings is 2. The summed E-state index contributed by atoms with van der Waals surface area (Å²) in [6.45, 7) is 3.62. The van der Waals surface area contributed by atoms with E-state index in [1.165, 1.54) is 27.5 Å². The highest BCUT2D eigenvalue weighted by atomic mass is 16.5. The number of amides is 2. The van der Waals surface area contributed by atoms with E-state index in [4.69, 9.17) is 14.2 Å². The standard InChI is InChI=1S/C21H25N3O5/c1-13(2)20(25)23-16-8-6-15(7-9-16)21(26)24-22-12-14-10-17(27-3)19(29-5)18(11-14)28-4/h6-13H,1-5H3,(H,23,25)(H,24,26)/b22-12-.